The third-order valence-electron chi connectivity index (χ3n) is 2.68. The number of hydrogen-bond donors (Lipinski definition) is 1. The molecule has 0 amide bonds. The Balaban J connectivity index is 2.61. The maximum Gasteiger partial charge on any atom is 0.159 e. The number of unbranched alkanes of at least 4 members (excludes halogenated alkanes) is 1. The van der Waals surface area contributed by atoms with Crippen molar-refractivity contribution < 1.29 is 0 Å². The Bertz CT molecular complexity index is 511. The number of aryl methyl sites for hydroxylation is 1. The normalized spacial score (nSPS) is 10.9. The fraction of sp³-hybridized carbons (Fsp3) is 0.333. The molecule has 84 valence electrons. The van der Waals surface area contributed by atoms with Crippen molar-refractivity contribution in [3.8, 4) is 0 Å². The van der Waals surface area contributed by atoms with Gasteiger partial charge in [-0.1, -0.05) is 43.1 Å². The number of nitrogens with two attached hydrogens (primary N) is 1. The van der Waals surface area contributed by atoms with Crippen molar-refractivity contribution in [2.45, 2.75) is 26.2 Å². The Morgan fingerprint density at radius 3 is 2.88 bits per heavy atom. The minimum Gasteiger partial charge on any atom is -0.382 e. The van der Waals surface area contributed by atoms with Crippen LogP contribution in [0.5, 0.6) is 0 Å². The van der Waals surface area contributed by atoms with E-state index in [1.807, 2.05) is 12.1 Å². The zero-order chi connectivity index (χ0) is 11.5. The van der Waals surface area contributed by atoms with E-state index in [2.05, 4.69) is 23.2 Å². The summed E-state index contributed by atoms with van der Waals surface area (Å²) in [5, 5.41) is 9.98. The molecule has 0 spiro atoms. The maximum atomic E-state index is 6.08. The van der Waals surface area contributed by atoms with Crippen LogP contribution in [0.2, 0.25) is 5.15 Å². The Kier molecular flexibility index (Phi) is 3.25. The number of rotatable bonds is 3. The monoisotopic (exact) mass is 235 g/mol. The summed E-state index contributed by atoms with van der Waals surface area (Å²) in [5.41, 5.74) is 6.99. The van der Waals surface area contributed by atoms with E-state index in [0.717, 1.165) is 30.0 Å². The molecule has 0 radical (unpaired) electrons. The van der Waals surface area contributed by atoms with Crippen molar-refractivity contribution in [1.82, 2.24) is 10.2 Å². The molecule has 3 nitrogen and oxygen atoms in total. The lowest BCUT2D eigenvalue weighted by Gasteiger charge is -2.07. The number of benzene rings is 1. The van der Waals surface area contributed by atoms with Gasteiger partial charge in [0, 0.05) is 10.8 Å². The molecule has 0 saturated heterocycles. The SMILES string of the molecule is CCCCc1cccc2c(N)nnc(Cl)c12. The first-order chi connectivity index (χ1) is 7.74. The zero-order valence-electron chi connectivity index (χ0n) is 9.20. The molecule has 0 fully saturated rings. The molecule has 0 aliphatic heterocycles. The van der Waals surface area contributed by atoms with Crippen LogP contribution in [-0.2, 0) is 6.42 Å². The average Bonchev–Trinajstić information content (AvgIpc) is 2.31. The predicted octanol–water partition coefficient (Wildman–Crippen LogP) is 3.21. The molecule has 1 aromatic carbocycles. The summed E-state index contributed by atoms with van der Waals surface area (Å²) in [6, 6.07) is 5.99. The summed E-state index contributed by atoms with van der Waals surface area (Å²) >= 11 is 6.08. The number of halogens is 1. The van der Waals surface area contributed by atoms with E-state index in [1.165, 1.54) is 5.56 Å². The Hall–Kier alpha value is -1.35. The van der Waals surface area contributed by atoms with Gasteiger partial charge >= 0.3 is 0 Å². The van der Waals surface area contributed by atoms with E-state index >= 15 is 0 Å². The van der Waals surface area contributed by atoms with E-state index < -0.39 is 0 Å². The molecule has 4 heteroatoms. The van der Waals surface area contributed by atoms with Gasteiger partial charge in [-0.25, -0.2) is 0 Å². The fourth-order valence-electron chi connectivity index (χ4n) is 1.83. The molecule has 0 aliphatic carbocycles. The first-order valence-corrected chi connectivity index (χ1v) is 5.81. The van der Waals surface area contributed by atoms with Crippen molar-refractivity contribution in [1.29, 1.82) is 0 Å². The highest BCUT2D eigenvalue weighted by Crippen LogP contribution is 2.28. The largest absolute Gasteiger partial charge is 0.382 e. The molecule has 16 heavy (non-hydrogen) atoms. The number of nitrogen functional groups attached to an aromatic ring is 1. The number of anilines is 1. The number of aromatic nitrogens is 2. The molecular formula is C12H14ClN3. The van der Waals surface area contributed by atoms with Crippen LogP contribution >= 0.6 is 11.6 Å². The summed E-state index contributed by atoms with van der Waals surface area (Å²) in [6.07, 6.45) is 3.29. The molecular weight excluding hydrogens is 222 g/mol. The summed E-state index contributed by atoms with van der Waals surface area (Å²) in [5.74, 6) is 0.442. The second-order valence-corrected chi connectivity index (χ2v) is 4.18. The second-order valence-electron chi connectivity index (χ2n) is 3.82. The molecule has 2 N–H and O–H groups in total. The zero-order valence-corrected chi connectivity index (χ0v) is 9.96. The molecule has 0 unspecified atom stereocenters. The Morgan fingerprint density at radius 2 is 2.12 bits per heavy atom. The van der Waals surface area contributed by atoms with E-state index in [0.29, 0.717) is 11.0 Å². The van der Waals surface area contributed by atoms with Gasteiger partial charge in [0.05, 0.1) is 0 Å². The Morgan fingerprint density at radius 1 is 1.31 bits per heavy atom. The van der Waals surface area contributed by atoms with Crippen LogP contribution in [0.25, 0.3) is 10.8 Å². The van der Waals surface area contributed by atoms with Gasteiger partial charge in [0.25, 0.3) is 0 Å². The highest BCUT2D eigenvalue weighted by Gasteiger charge is 2.09. The van der Waals surface area contributed by atoms with Crippen LogP contribution in [0.1, 0.15) is 25.3 Å². The highest BCUT2D eigenvalue weighted by atomic mass is 35.5. The van der Waals surface area contributed by atoms with Crippen molar-refractivity contribution in [2.24, 2.45) is 0 Å². The van der Waals surface area contributed by atoms with Crippen LogP contribution in [0.4, 0.5) is 5.82 Å². The topological polar surface area (TPSA) is 51.8 Å². The van der Waals surface area contributed by atoms with Crippen molar-refractivity contribution >= 4 is 28.2 Å². The van der Waals surface area contributed by atoms with Gasteiger partial charge < -0.3 is 5.73 Å². The summed E-state index contributed by atoms with van der Waals surface area (Å²) < 4.78 is 0. The predicted molar refractivity (Wildman–Crippen MR) is 67.6 cm³/mol. The molecule has 0 bridgehead atoms. The highest BCUT2D eigenvalue weighted by molar-refractivity contribution is 6.34. The third-order valence-corrected chi connectivity index (χ3v) is 2.94. The number of fused-ring (bicyclic) bond motifs is 1. The fourth-order valence-corrected chi connectivity index (χ4v) is 2.10. The van der Waals surface area contributed by atoms with Gasteiger partial charge in [0.1, 0.15) is 0 Å². The number of nitrogens with zero attached hydrogens (tertiary/aromatic N) is 2. The molecule has 0 saturated carbocycles. The summed E-state index contributed by atoms with van der Waals surface area (Å²) in [6.45, 7) is 2.17. The molecule has 0 aliphatic rings. The Labute approximate surface area is 99.6 Å². The van der Waals surface area contributed by atoms with Crippen molar-refractivity contribution in [3.63, 3.8) is 0 Å². The molecule has 1 aromatic heterocycles. The van der Waals surface area contributed by atoms with E-state index in [1.54, 1.807) is 0 Å². The van der Waals surface area contributed by atoms with Crippen LogP contribution < -0.4 is 5.73 Å². The standard InChI is InChI=1S/C12H14ClN3/c1-2-3-5-8-6-4-7-9-10(8)11(13)15-16-12(9)14/h4,6-7H,2-3,5H2,1H3,(H2,14,16). The van der Waals surface area contributed by atoms with E-state index in [4.69, 9.17) is 17.3 Å². The molecule has 2 rings (SSSR count). The molecule has 1 heterocycles. The summed E-state index contributed by atoms with van der Waals surface area (Å²) in [4.78, 5) is 0. The van der Waals surface area contributed by atoms with Crippen LogP contribution in [0.3, 0.4) is 0 Å². The van der Waals surface area contributed by atoms with E-state index in [9.17, 15) is 0 Å². The third kappa shape index (κ3) is 1.95. The van der Waals surface area contributed by atoms with Crippen LogP contribution in [-0.4, -0.2) is 10.2 Å². The lowest BCUT2D eigenvalue weighted by atomic mass is 10.0. The second kappa shape index (κ2) is 4.66. The first-order valence-electron chi connectivity index (χ1n) is 5.43. The lowest BCUT2D eigenvalue weighted by Crippen LogP contribution is -1.98. The average molecular weight is 236 g/mol. The molecule has 0 atom stereocenters. The van der Waals surface area contributed by atoms with Gasteiger partial charge in [0.2, 0.25) is 0 Å². The first kappa shape index (κ1) is 11.1. The quantitative estimate of drug-likeness (QED) is 0.889. The van der Waals surface area contributed by atoms with Gasteiger partial charge in [-0.05, 0) is 18.4 Å². The lowest BCUT2D eigenvalue weighted by molar-refractivity contribution is 0.798. The van der Waals surface area contributed by atoms with Crippen molar-refractivity contribution in [3.05, 3.63) is 28.9 Å². The summed E-state index contributed by atoms with van der Waals surface area (Å²) in [7, 11) is 0. The van der Waals surface area contributed by atoms with E-state index in [-0.39, 0.29) is 0 Å². The maximum absolute atomic E-state index is 6.08. The van der Waals surface area contributed by atoms with Gasteiger partial charge in [-0.15, -0.1) is 10.2 Å². The smallest absolute Gasteiger partial charge is 0.159 e. The van der Waals surface area contributed by atoms with Gasteiger partial charge in [-0.2, -0.15) is 0 Å². The van der Waals surface area contributed by atoms with Crippen LogP contribution in [0.15, 0.2) is 18.2 Å². The number of hydrogen-bond acceptors (Lipinski definition) is 3. The molecule has 2 aromatic rings. The van der Waals surface area contributed by atoms with Gasteiger partial charge in [0.15, 0.2) is 11.0 Å². The van der Waals surface area contributed by atoms with Gasteiger partial charge in [-0.3, -0.25) is 0 Å². The minimum absolute atomic E-state index is 0.441. The van der Waals surface area contributed by atoms with Crippen molar-refractivity contribution in [2.75, 3.05) is 5.73 Å². The minimum atomic E-state index is 0.441. The van der Waals surface area contributed by atoms with Crippen LogP contribution in [0, 0.1) is 0 Å².